The van der Waals surface area contributed by atoms with Crippen LogP contribution in [0.25, 0.3) is 16.8 Å². The van der Waals surface area contributed by atoms with Gasteiger partial charge in [0.15, 0.2) is 0 Å². The number of nitrogens with zero attached hydrogens (tertiary/aromatic N) is 1. The Labute approximate surface area is 183 Å². The molecule has 3 aromatic carbocycles. The zero-order valence-electron chi connectivity index (χ0n) is 16.3. The van der Waals surface area contributed by atoms with Crippen LogP contribution in [0, 0.1) is 0 Å². The number of hydrazone groups is 1. The molecule has 31 heavy (non-hydrogen) atoms. The zero-order valence-corrected chi connectivity index (χ0v) is 17.1. The molecule has 8 heteroatoms. The average molecular weight is 438 g/mol. The fourth-order valence-corrected chi connectivity index (χ4v) is 3.10. The maximum atomic E-state index is 12.2. The molecule has 5 N–H and O–H groups in total. The normalized spacial score (nSPS) is 12.5. The van der Waals surface area contributed by atoms with E-state index in [2.05, 4.69) is 10.5 Å². The molecule has 0 saturated heterocycles. The van der Waals surface area contributed by atoms with Gasteiger partial charge in [0.05, 0.1) is 11.2 Å². The van der Waals surface area contributed by atoms with E-state index >= 15 is 0 Å². The minimum absolute atomic E-state index is 0.0792. The van der Waals surface area contributed by atoms with Crippen molar-refractivity contribution in [2.75, 3.05) is 0 Å². The second-order valence-electron chi connectivity index (χ2n) is 6.74. The minimum Gasteiger partial charge on any atom is -0.506 e. The second kappa shape index (κ2) is 9.88. The van der Waals surface area contributed by atoms with Gasteiger partial charge >= 0.3 is 5.97 Å². The van der Waals surface area contributed by atoms with Crippen LogP contribution in [-0.2, 0) is 4.79 Å². The predicted molar refractivity (Wildman–Crippen MR) is 121 cm³/mol. The number of nitrogens with two attached hydrogens (primary N) is 1. The molecule has 7 nitrogen and oxygen atoms in total. The summed E-state index contributed by atoms with van der Waals surface area (Å²) in [5, 5.41) is 24.3. The average Bonchev–Trinajstić information content (AvgIpc) is 2.76. The number of hydrogen-bond donors (Lipinski definition) is 4. The van der Waals surface area contributed by atoms with E-state index in [1.54, 1.807) is 6.08 Å². The number of hydrogen-bond acceptors (Lipinski definition) is 5. The molecule has 0 aliphatic heterocycles. The first-order chi connectivity index (χ1) is 14.9. The molecule has 1 amide bonds. The minimum atomic E-state index is -1.04. The fourth-order valence-electron chi connectivity index (χ4n) is 2.92. The van der Waals surface area contributed by atoms with Crippen LogP contribution >= 0.6 is 11.6 Å². The third kappa shape index (κ3) is 5.48. The SMILES string of the molecule is NC(C/C=C/c1ccc(/C=N/NC(=O)c2ccc(O)c(Cl)c2)c2ccccc12)C(=O)O. The van der Waals surface area contributed by atoms with Gasteiger partial charge in [-0.1, -0.05) is 60.2 Å². The molecule has 1 unspecified atom stereocenters. The van der Waals surface area contributed by atoms with E-state index in [4.69, 9.17) is 22.4 Å². The van der Waals surface area contributed by atoms with Crippen LogP contribution < -0.4 is 11.2 Å². The summed E-state index contributed by atoms with van der Waals surface area (Å²) in [6.45, 7) is 0. The van der Waals surface area contributed by atoms with E-state index < -0.39 is 17.9 Å². The number of carbonyl (C=O) groups is 2. The number of aliphatic carboxylic acids is 1. The van der Waals surface area contributed by atoms with Crippen LogP contribution in [0.2, 0.25) is 5.02 Å². The van der Waals surface area contributed by atoms with Crippen LogP contribution in [-0.4, -0.2) is 34.3 Å². The van der Waals surface area contributed by atoms with Gasteiger partial charge in [0.25, 0.3) is 5.91 Å². The molecule has 0 aliphatic carbocycles. The number of phenols is 1. The highest BCUT2D eigenvalue weighted by molar-refractivity contribution is 6.32. The van der Waals surface area contributed by atoms with Gasteiger partial charge in [-0.05, 0) is 41.0 Å². The van der Waals surface area contributed by atoms with Crippen LogP contribution in [0.15, 0.2) is 65.8 Å². The number of nitrogens with one attached hydrogen (secondary N) is 1. The Bertz CT molecular complexity index is 1190. The Hall–Kier alpha value is -3.68. The van der Waals surface area contributed by atoms with E-state index in [0.717, 1.165) is 21.9 Å². The molecule has 158 valence electrons. The summed E-state index contributed by atoms with van der Waals surface area (Å²) in [4.78, 5) is 23.1. The highest BCUT2D eigenvalue weighted by Crippen LogP contribution is 2.24. The molecule has 0 heterocycles. The topological polar surface area (TPSA) is 125 Å². The predicted octanol–water partition coefficient (Wildman–Crippen LogP) is 3.78. The van der Waals surface area contributed by atoms with Crippen molar-refractivity contribution in [3.8, 4) is 5.75 Å². The van der Waals surface area contributed by atoms with Gasteiger partial charge in [0.1, 0.15) is 11.8 Å². The highest BCUT2D eigenvalue weighted by Gasteiger charge is 2.09. The number of aromatic hydroxyl groups is 1. The number of halogens is 1. The molecule has 0 saturated carbocycles. The summed E-state index contributed by atoms with van der Waals surface area (Å²) < 4.78 is 0. The maximum absolute atomic E-state index is 12.2. The van der Waals surface area contributed by atoms with Crippen molar-refractivity contribution >= 4 is 46.5 Å². The van der Waals surface area contributed by atoms with E-state index in [9.17, 15) is 14.7 Å². The van der Waals surface area contributed by atoms with Gasteiger partial charge in [-0.3, -0.25) is 9.59 Å². The molecule has 3 aromatic rings. The lowest BCUT2D eigenvalue weighted by atomic mass is 9.99. The Kier molecular flexibility index (Phi) is 7.02. The first-order valence-electron chi connectivity index (χ1n) is 9.35. The Morgan fingerprint density at radius 1 is 1.10 bits per heavy atom. The zero-order chi connectivity index (χ0) is 22.4. The Morgan fingerprint density at radius 3 is 2.45 bits per heavy atom. The first-order valence-corrected chi connectivity index (χ1v) is 9.73. The van der Waals surface area contributed by atoms with E-state index in [1.165, 1.54) is 24.4 Å². The molecule has 0 spiro atoms. The van der Waals surface area contributed by atoms with Gasteiger partial charge in [-0.2, -0.15) is 5.10 Å². The lowest BCUT2D eigenvalue weighted by Crippen LogP contribution is -2.29. The number of benzene rings is 3. The van der Waals surface area contributed by atoms with Gasteiger partial charge in [-0.25, -0.2) is 5.43 Å². The lowest BCUT2D eigenvalue weighted by molar-refractivity contribution is -0.138. The largest absolute Gasteiger partial charge is 0.506 e. The monoisotopic (exact) mass is 437 g/mol. The van der Waals surface area contributed by atoms with Crippen molar-refractivity contribution in [3.63, 3.8) is 0 Å². The van der Waals surface area contributed by atoms with Gasteiger partial charge in [-0.15, -0.1) is 0 Å². The number of carbonyl (C=O) groups excluding carboxylic acids is 1. The number of rotatable bonds is 7. The second-order valence-corrected chi connectivity index (χ2v) is 7.14. The fraction of sp³-hybridized carbons (Fsp3) is 0.0870. The summed E-state index contributed by atoms with van der Waals surface area (Å²) in [6, 6.07) is 14.6. The van der Waals surface area contributed by atoms with Gasteiger partial charge in [0, 0.05) is 11.1 Å². The molecule has 0 aromatic heterocycles. The van der Waals surface area contributed by atoms with Gasteiger partial charge < -0.3 is 15.9 Å². The van der Waals surface area contributed by atoms with Crippen LogP contribution in [0.3, 0.4) is 0 Å². The number of carboxylic acids is 1. The van der Waals surface area contributed by atoms with Crippen molar-refractivity contribution in [1.82, 2.24) is 5.43 Å². The Balaban J connectivity index is 1.78. The number of carboxylic acid groups (broad SMARTS) is 1. The third-order valence-electron chi connectivity index (χ3n) is 4.58. The Morgan fingerprint density at radius 2 is 1.77 bits per heavy atom. The third-order valence-corrected chi connectivity index (χ3v) is 4.88. The number of phenolic OH excluding ortho intramolecular Hbond substituents is 1. The van der Waals surface area contributed by atoms with Crippen molar-refractivity contribution in [1.29, 1.82) is 0 Å². The van der Waals surface area contributed by atoms with Crippen molar-refractivity contribution in [2.45, 2.75) is 12.5 Å². The highest BCUT2D eigenvalue weighted by atomic mass is 35.5. The molecule has 0 fully saturated rings. The van der Waals surface area contributed by atoms with E-state index in [1.807, 2.05) is 42.5 Å². The molecule has 0 aliphatic rings. The first kappa shape index (κ1) is 22.0. The smallest absolute Gasteiger partial charge is 0.320 e. The molecule has 0 radical (unpaired) electrons. The summed E-state index contributed by atoms with van der Waals surface area (Å²) >= 11 is 5.83. The lowest BCUT2D eigenvalue weighted by Gasteiger charge is -2.07. The van der Waals surface area contributed by atoms with Crippen LogP contribution in [0.4, 0.5) is 0 Å². The van der Waals surface area contributed by atoms with Crippen molar-refractivity contribution in [3.05, 3.63) is 82.4 Å². The summed E-state index contributed by atoms with van der Waals surface area (Å²) in [5.41, 5.74) is 9.94. The standard InChI is InChI=1S/C23H20ClN3O4/c24-19-12-15(10-11-21(19)28)22(29)27-26-13-16-9-8-14(4-3-7-20(25)23(30)31)17-5-1-2-6-18(16)17/h1-6,8-13,20,28H,7,25H2,(H,27,29)(H,30,31)/b4-3+,26-13+. The summed E-state index contributed by atoms with van der Waals surface area (Å²) in [5.74, 6) is -1.61. The molecule has 0 bridgehead atoms. The molecule has 3 rings (SSSR count). The van der Waals surface area contributed by atoms with Crippen molar-refractivity contribution in [2.24, 2.45) is 10.8 Å². The van der Waals surface area contributed by atoms with E-state index in [-0.39, 0.29) is 22.8 Å². The number of fused-ring (bicyclic) bond motifs is 1. The van der Waals surface area contributed by atoms with Gasteiger partial charge in [0.2, 0.25) is 0 Å². The van der Waals surface area contributed by atoms with E-state index in [0.29, 0.717) is 0 Å². The van der Waals surface area contributed by atoms with Crippen LogP contribution in [0.5, 0.6) is 5.75 Å². The van der Waals surface area contributed by atoms with Crippen LogP contribution in [0.1, 0.15) is 27.9 Å². The summed E-state index contributed by atoms with van der Waals surface area (Å²) in [6.07, 6.45) is 5.33. The maximum Gasteiger partial charge on any atom is 0.320 e. The van der Waals surface area contributed by atoms with Crippen molar-refractivity contribution < 1.29 is 19.8 Å². The molecule has 1 atom stereocenters. The summed E-state index contributed by atoms with van der Waals surface area (Å²) in [7, 11) is 0. The quantitative estimate of drug-likeness (QED) is 0.330. The number of amides is 1. The molecular formula is C23H20ClN3O4. The molecular weight excluding hydrogens is 418 g/mol.